The van der Waals surface area contributed by atoms with E-state index in [1.54, 1.807) is 20.8 Å². The van der Waals surface area contributed by atoms with Crippen LogP contribution in [0.4, 0.5) is 5.69 Å². The molecular formula is C15H20N2O6. The monoisotopic (exact) mass is 324 g/mol. The number of carbonyl (C=O) groups excluding carboxylic acids is 3. The van der Waals surface area contributed by atoms with E-state index in [-0.39, 0.29) is 24.4 Å². The van der Waals surface area contributed by atoms with Gasteiger partial charge >= 0.3 is 17.9 Å². The van der Waals surface area contributed by atoms with Crippen molar-refractivity contribution in [1.29, 1.82) is 0 Å². The fourth-order valence-electron chi connectivity index (χ4n) is 1.77. The fourth-order valence-corrected chi connectivity index (χ4v) is 1.77. The fraction of sp³-hybridized carbons (Fsp3) is 0.400. The highest BCUT2D eigenvalue weighted by Crippen LogP contribution is 2.20. The maximum Gasteiger partial charge on any atom is 0.347 e. The Morgan fingerprint density at radius 3 is 2.22 bits per heavy atom. The molecule has 23 heavy (non-hydrogen) atoms. The van der Waals surface area contributed by atoms with Crippen LogP contribution in [-0.2, 0) is 23.8 Å². The van der Waals surface area contributed by atoms with Gasteiger partial charge in [0, 0.05) is 18.1 Å². The molecule has 0 bridgehead atoms. The molecule has 0 radical (unpaired) electrons. The number of methoxy groups -OCH3 is 1. The van der Waals surface area contributed by atoms with Crippen molar-refractivity contribution < 1.29 is 28.6 Å². The number of H-pyrrole nitrogens is 1. The van der Waals surface area contributed by atoms with E-state index in [0.29, 0.717) is 11.4 Å². The van der Waals surface area contributed by atoms with Crippen molar-refractivity contribution in [1.82, 2.24) is 4.98 Å². The van der Waals surface area contributed by atoms with E-state index >= 15 is 0 Å². The number of nitrogens with one attached hydrogen (secondary N) is 2. The average molecular weight is 324 g/mol. The first-order valence-corrected chi connectivity index (χ1v) is 7.03. The molecule has 0 aliphatic carbocycles. The third-order valence-corrected chi connectivity index (χ3v) is 2.83. The number of ether oxygens (including phenoxy) is 3. The topological polar surface area (TPSA) is 107 Å². The predicted molar refractivity (Wildman–Crippen MR) is 81.8 cm³/mol. The number of esters is 3. The summed E-state index contributed by atoms with van der Waals surface area (Å²) >= 11 is 0. The minimum absolute atomic E-state index is 0.117. The lowest BCUT2D eigenvalue weighted by Crippen LogP contribution is -2.19. The van der Waals surface area contributed by atoms with Crippen LogP contribution in [0.25, 0.3) is 0 Å². The molecule has 0 aromatic carbocycles. The van der Waals surface area contributed by atoms with Crippen LogP contribution in [0, 0.1) is 6.92 Å². The zero-order valence-corrected chi connectivity index (χ0v) is 13.5. The number of hydrogen-bond donors (Lipinski definition) is 2. The molecule has 8 heteroatoms. The first-order chi connectivity index (χ1) is 11.0. The van der Waals surface area contributed by atoms with Crippen molar-refractivity contribution in [3.05, 3.63) is 29.2 Å². The first kappa shape index (κ1) is 18.3. The summed E-state index contributed by atoms with van der Waals surface area (Å²) in [6.07, 6.45) is 2.66. The summed E-state index contributed by atoms with van der Waals surface area (Å²) in [6, 6.07) is 0. The molecular weight excluding hydrogens is 304 g/mol. The van der Waals surface area contributed by atoms with E-state index in [0.717, 1.165) is 6.20 Å². The first-order valence-electron chi connectivity index (χ1n) is 7.03. The van der Waals surface area contributed by atoms with Gasteiger partial charge in [-0.05, 0) is 20.8 Å². The SMILES string of the molecule is CCOC(=O)C(=CNc1c[nH]c(C)c1C(=O)OC)C(=O)OCC. The minimum Gasteiger partial charge on any atom is -0.465 e. The van der Waals surface area contributed by atoms with Crippen molar-refractivity contribution in [3.63, 3.8) is 0 Å². The maximum absolute atomic E-state index is 11.8. The van der Waals surface area contributed by atoms with E-state index in [2.05, 4.69) is 10.3 Å². The van der Waals surface area contributed by atoms with Crippen LogP contribution in [-0.4, -0.2) is 43.2 Å². The van der Waals surface area contributed by atoms with Gasteiger partial charge in [-0.3, -0.25) is 0 Å². The minimum atomic E-state index is -0.815. The van der Waals surface area contributed by atoms with Crippen LogP contribution in [0.1, 0.15) is 29.9 Å². The summed E-state index contributed by atoms with van der Waals surface area (Å²) < 4.78 is 14.3. The third-order valence-electron chi connectivity index (χ3n) is 2.83. The Bertz CT molecular complexity index is 597. The molecule has 1 heterocycles. The molecule has 2 N–H and O–H groups in total. The van der Waals surface area contributed by atoms with Gasteiger partial charge in [0.2, 0.25) is 0 Å². The number of aromatic amines is 1. The number of anilines is 1. The highest BCUT2D eigenvalue weighted by atomic mass is 16.6. The Hall–Kier alpha value is -2.77. The number of carbonyl (C=O) groups is 3. The molecule has 0 aliphatic heterocycles. The van der Waals surface area contributed by atoms with Crippen LogP contribution in [0.15, 0.2) is 18.0 Å². The summed E-state index contributed by atoms with van der Waals surface area (Å²) in [5.74, 6) is -2.18. The highest BCUT2D eigenvalue weighted by molar-refractivity contribution is 6.14. The van der Waals surface area contributed by atoms with Crippen LogP contribution < -0.4 is 5.32 Å². The Morgan fingerprint density at radius 1 is 1.17 bits per heavy atom. The molecule has 0 fully saturated rings. The summed E-state index contributed by atoms with van der Waals surface area (Å²) in [6.45, 7) is 5.18. The second-order valence-corrected chi connectivity index (χ2v) is 4.34. The molecule has 126 valence electrons. The molecule has 1 rings (SSSR count). The van der Waals surface area contributed by atoms with E-state index in [9.17, 15) is 14.4 Å². The largest absolute Gasteiger partial charge is 0.465 e. The van der Waals surface area contributed by atoms with E-state index in [1.807, 2.05) is 0 Å². The summed E-state index contributed by atoms with van der Waals surface area (Å²) in [5.41, 5.74) is 0.918. The van der Waals surface area contributed by atoms with Crippen LogP contribution in [0.2, 0.25) is 0 Å². The number of hydrogen-bond acceptors (Lipinski definition) is 7. The lowest BCUT2D eigenvalue weighted by Gasteiger charge is -2.08. The summed E-state index contributed by atoms with van der Waals surface area (Å²) in [4.78, 5) is 38.3. The molecule has 1 aromatic rings. The number of aryl methyl sites for hydroxylation is 1. The van der Waals surface area contributed by atoms with Crippen molar-refractivity contribution in [2.24, 2.45) is 0 Å². The summed E-state index contributed by atoms with van der Waals surface area (Å²) in [5, 5.41) is 2.73. The second kappa shape index (κ2) is 8.62. The summed E-state index contributed by atoms with van der Waals surface area (Å²) in [7, 11) is 1.26. The Kier molecular flexibility index (Phi) is 6.85. The van der Waals surface area contributed by atoms with Crippen molar-refractivity contribution in [2.75, 3.05) is 25.6 Å². The van der Waals surface area contributed by atoms with Gasteiger partial charge in [0.1, 0.15) is 5.56 Å². The lowest BCUT2D eigenvalue weighted by molar-refractivity contribution is -0.146. The highest BCUT2D eigenvalue weighted by Gasteiger charge is 2.22. The van der Waals surface area contributed by atoms with Crippen molar-refractivity contribution in [2.45, 2.75) is 20.8 Å². The smallest absolute Gasteiger partial charge is 0.347 e. The van der Waals surface area contributed by atoms with Gasteiger partial charge in [-0.2, -0.15) is 0 Å². The second-order valence-electron chi connectivity index (χ2n) is 4.34. The normalized spacial score (nSPS) is 9.74. The molecule has 0 aliphatic rings. The van der Waals surface area contributed by atoms with Gasteiger partial charge in [-0.1, -0.05) is 0 Å². The molecule has 0 saturated carbocycles. The molecule has 0 atom stereocenters. The average Bonchev–Trinajstić information content (AvgIpc) is 2.88. The predicted octanol–water partition coefficient (Wildman–Crippen LogP) is 1.53. The number of aromatic nitrogens is 1. The maximum atomic E-state index is 11.8. The van der Waals surface area contributed by atoms with Gasteiger partial charge in [-0.15, -0.1) is 0 Å². The zero-order chi connectivity index (χ0) is 17.4. The van der Waals surface area contributed by atoms with E-state index < -0.39 is 17.9 Å². The molecule has 8 nitrogen and oxygen atoms in total. The molecule has 0 unspecified atom stereocenters. The molecule has 0 saturated heterocycles. The van der Waals surface area contributed by atoms with Gasteiger partial charge in [0.05, 0.1) is 26.0 Å². The van der Waals surface area contributed by atoms with Gasteiger partial charge < -0.3 is 24.5 Å². The van der Waals surface area contributed by atoms with Gasteiger partial charge in [-0.25, -0.2) is 14.4 Å². The number of rotatable bonds is 7. The van der Waals surface area contributed by atoms with Crippen LogP contribution in [0.5, 0.6) is 0 Å². The third kappa shape index (κ3) is 4.60. The van der Waals surface area contributed by atoms with Crippen LogP contribution in [0.3, 0.4) is 0 Å². The van der Waals surface area contributed by atoms with Crippen LogP contribution >= 0.6 is 0 Å². The van der Waals surface area contributed by atoms with E-state index in [1.165, 1.54) is 13.3 Å². The lowest BCUT2D eigenvalue weighted by atomic mass is 10.2. The quantitative estimate of drug-likeness (QED) is 0.257. The molecule has 1 aromatic heterocycles. The Morgan fingerprint density at radius 2 is 1.74 bits per heavy atom. The molecule has 0 amide bonds. The molecule has 0 spiro atoms. The van der Waals surface area contributed by atoms with Gasteiger partial charge in [0.25, 0.3) is 0 Å². The zero-order valence-electron chi connectivity index (χ0n) is 13.5. The Labute approximate surface area is 133 Å². The van der Waals surface area contributed by atoms with Gasteiger partial charge in [0.15, 0.2) is 5.57 Å². The van der Waals surface area contributed by atoms with E-state index in [4.69, 9.17) is 14.2 Å². The Balaban J connectivity index is 3.08. The van der Waals surface area contributed by atoms with Crippen molar-refractivity contribution in [3.8, 4) is 0 Å². The standard InChI is InChI=1S/C15H20N2O6/c1-5-22-13(18)10(14(19)23-6-2)7-17-11-8-16-9(3)12(11)15(20)21-4/h7-8,16-17H,5-6H2,1-4H3. The van der Waals surface area contributed by atoms with Crippen molar-refractivity contribution >= 4 is 23.6 Å².